The van der Waals surface area contributed by atoms with Crippen LogP contribution in [0.2, 0.25) is 5.02 Å². The van der Waals surface area contributed by atoms with Crippen LogP contribution in [0.15, 0.2) is 55.3 Å². The first kappa shape index (κ1) is 30.4. The average molecular weight is 599 g/mol. The third kappa shape index (κ3) is 7.79. The zero-order chi connectivity index (χ0) is 29.6. The molecule has 4 rings (SSSR count). The van der Waals surface area contributed by atoms with Crippen molar-refractivity contribution in [1.29, 1.82) is 0 Å². The maximum atomic E-state index is 12.8. The normalized spacial score (nSPS) is 15.6. The summed E-state index contributed by atoms with van der Waals surface area (Å²) in [5, 5.41) is 10.1. The van der Waals surface area contributed by atoms with Crippen LogP contribution in [0.5, 0.6) is 11.5 Å². The second kappa shape index (κ2) is 13.4. The molecule has 2 heterocycles. The number of carbonyl (C=O) groups excluding carboxylic acids is 1. The Morgan fingerprint density at radius 3 is 2.66 bits per heavy atom. The molecule has 2 aromatic carbocycles. The van der Waals surface area contributed by atoms with E-state index in [2.05, 4.69) is 44.4 Å². The smallest absolute Gasteiger partial charge is 0.247 e. The number of nitrogens with one attached hydrogen (secondary N) is 3. The van der Waals surface area contributed by atoms with Gasteiger partial charge in [0, 0.05) is 17.4 Å². The van der Waals surface area contributed by atoms with E-state index in [4.69, 9.17) is 21.1 Å². The minimum Gasteiger partial charge on any atom is -0.494 e. The maximum Gasteiger partial charge on any atom is 0.247 e. The van der Waals surface area contributed by atoms with Gasteiger partial charge in [0.25, 0.3) is 0 Å². The monoisotopic (exact) mass is 598 g/mol. The number of likely N-dealkylation sites (N-methyl/N-ethyl adjacent to an activating group) is 1. The van der Waals surface area contributed by atoms with Crippen molar-refractivity contribution in [3.05, 3.63) is 60.3 Å². The SMILES string of the molecule is C=CC(=O)Nc1cc(Nc2ncc(Cl)c(Nc3ccccc3P(C)(C)=O)n2)c(OC)cc1OCC1CCCCN1C. The summed E-state index contributed by atoms with van der Waals surface area (Å²) < 4.78 is 24.7. The van der Waals surface area contributed by atoms with E-state index in [9.17, 15) is 9.36 Å². The molecule has 1 amide bonds. The predicted octanol–water partition coefficient (Wildman–Crippen LogP) is 5.86. The molecule has 41 heavy (non-hydrogen) atoms. The molecule has 0 saturated carbocycles. The van der Waals surface area contributed by atoms with Crippen molar-refractivity contribution in [3.8, 4) is 11.5 Å². The van der Waals surface area contributed by atoms with Gasteiger partial charge < -0.3 is 34.9 Å². The van der Waals surface area contributed by atoms with Crippen LogP contribution < -0.4 is 30.7 Å². The number of methoxy groups -OCH3 is 1. The highest BCUT2D eigenvalue weighted by atomic mass is 35.5. The van der Waals surface area contributed by atoms with E-state index in [-0.39, 0.29) is 22.9 Å². The molecule has 12 heteroatoms. The Balaban J connectivity index is 1.63. The largest absolute Gasteiger partial charge is 0.494 e. The first-order chi connectivity index (χ1) is 19.6. The lowest BCUT2D eigenvalue weighted by Gasteiger charge is -2.32. The molecule has 0 aliphatic carbocycles. The van der Waals surface area contributed by atoms with E-state index in [1.54, 1.807) is 32.6 Å². The lowest BCUT2D eigenvalue weighted by atomic mass is 10.0. The van der Waals surface area contributed by atoms with Crippen LogP contribution in [0, 0.1) is 0 Å². The Bertz CT molecular complexity index is 1460. The van der Waals surface area contributed by atoms with Crippen LogP contribution in [0.1, 0.15) is 19.3 Å². The molecule has 1 fully saturated rings. The zero-order valence-corrected chi connectivity index (χ0v) is 25.4. The number of ether oxygens (including phenoxy) is 2. The second-order valence-corrected chi connectivity index (χ2v) is 13.8. The van der Waals surface area contributed by atoms with Gasteiger partial charge in [-0.05, 0) is 64.0 Å². The van der Waals surface area contributed by atoms with Crippen LogP contribution in [0.4, 0.5) is 28.8 Å². The molecule has 3 N–H and O–H groups in total. The van der Waals surface area contributed by atoms with Crippen molar-refractivity contribution in [1.82, 2.24) is 14.9 Å². The number of rotatable bonds is 11. The van der Waals surface area contributed by atoms with Gasteiger partial charge in [-0.1, -0.05) is 36.7 Å². The molecule has 218 valence electrons. The lowest BCUT2D eigenvalue weighted by Crippen LogP contribution is -2.40. The molecule has 1 atom stereocenters. The Labute approximate surface area is 245 Å². The predicted molar refractivity (Wildman–Crippen MR) is 167 cm³/mol. The number of amides is 1. The molecule has 3 aromatic rings. The Morgan fingerprint density at radius 1 is 1.17 bits per heavy atom. The molecular weight excluding hydrogens is 563 g/mol. The first-order valence-corrected chi connectivity index (χ1v) is 16.3. The van der Waals surface area contributed by atoms with Crippen LogP contribution in [-0.2, 0) is 9.36 Å². The summed E-state index contributed by atoms with van der Waals surface area (Å²) in [7, 11) is 1.07. The summed E-state index contributed by atoms with van der Waals surface area (Å²) in [4.78, 5) is 23.4. The highest BCUT2D eigenvalue weighted by molar-refractivity contribution is 7.70. The standard InChI is InChI=1S/C29H36ClN6O4P/c1-6-27(37)32-23-15-22(24(39-3)16-25(23)40-18-19-11-9-10-14-36(19)2)34-29-31-17-20(30)28(35-29)33-21-12-7-8-13-26(21)41(4,5)38/h6-8,12-13,15-17,19H,1,9-11,14,18H2,2-5H3,(H,32,37)(H2,31,33,34,35). The average Bonchev–Trinajstić information content (AvgIpc) is 2.94. The summed E-state index contributed by atoms with van der Waals surface area (Å²) in [6.07, 6.45) is 6.04. The minimum absolute atomic E-state index is 0.224. The number of nitrogens with zero attached hydrogens (tertiary/aromatic N) is 3. The van der Waals surface area contributed by atoms with Crippen LogP contribution in [0.3, 0.4) is 0 Å². The highest BCUT2D eigenvalue weighted by Gasteiger charge is 2.22. The van der Waals surface area contributed by atoms with Crippen LogP contribution in [-0.4, -0.2) is 67.5 Å². The summed E-state index contributed by atoms with van der Waals surface area (Å²) >= 11 is 6.42. The fourth-order valence-electron chi connectivity index (χ4n) is 4.58. The number of hydrogen-bond donors (Lipinski definition) is 3. The fourth-order valence-corrected chi connectivity index (χ4v) is 5.88. The summed E-state index contributed by atoms with van der Waals surface area (Å²) in [5.41, 5.74) is 1.58. The molecule has 1 aliphatic heterocycles. The van der Waals surface area contributed by atoms with E-state index in [1.807, 2.05) is 24.3 Å². The molecule has 1 unspecified atom stereocenters. The van der Waals surface area contributed by atoms with Crippen molar-refractivity contribution in [2.24, 2.45) is 0 Å². The topological polar surface area (TPSA) is 118 Å². The third-order valence-electron chi connectivity index (χ3n) is 6.83. The minimum atomic E-state index is -2.57. The summed E-state index contributed by atoms with van der Waals surface area (Å²) in [6, 6.07) is 11.0. The van der Waals surface area contributed by atoms with E-state index < -0.39 is 7.14 Å². The van der Waals surface area contributed by atoms with E-state index in [1.165, 1.54) is 18.7 Å². The van der Waals surface area contributed by atoms with Gasteiger partial charge in [0.1, 0.15) is 30.3 Å². The highest BCUT2D eigenvalue weighted by Crippen LogP contribution is 2.40. The van der Waals surface area contributed by atoms with Gasteiger partial charge in [-0.25, -0.2) is 4.98 Å². The van der Waals surface area contributed by atoms with Crippen LogP contribution in [0.25, 0.3) is 0 Å². The molecule has 1 saturated heterocycles. The van der Waals surface area contributed by atoms with Crippen molar-refractivity contribution in [2.75, 3.05) is 56.6 Å². The first-order valence-electron chi connectivity index (χ1n) is 13.3. The van der Waals surface area contributed by atoms with E-state index in [0.29, 0.717) is 46.3 Å². The number of anilines is 5. The number of piperidine rings is 1. The van der Waals surface area contributed by atoms with Crippen LogP contribution >= 0.6 is 18.7 Å². The molecule has 10 nitrogen and oxygen atoms in total. The van der Waals surface area contributed by atoms with E-state index >= 15 is 0 Å². The van der Waals surface area contributed by atoms with Gasteiger partial charge in [0.05, 0.1) is 30.4 Å². The fraction of sp³-hybridized carbons (Fsp3) is 0.345. The number of para-hydroxylation sites is 1. The van der Waals surface area contributed by atoms with Crippen molar-refractivity contribution < 1.29 is 18.8 Å². The van der Waals surface area contributed by atoms with Gasteiger partial charge in [-0.15, -0.1) is 0 Å². The van der Waals surface area contributed by atoms with Gasteiger partial charge in [-0.2, -0.15) is 4.98 Å². The van der Waals surface area contributed by atoms with Gasteiger partial charge in [0.15, 0.2) is 5.82 Å². The second-order valence-electron chi connectivity index (χ2n) is 10.2. The van der Waals surface area contributed by atoms with E-state index in [0.717, 1.165) is 19.4 Å². The van der Waals surface area contributed by atoms with Crippen molar-refractivity contribution in [3.63, 3.8) is 0 Å². The van der Waals surface area contributed by atoms with Gasteiger partial charge in [-0.3, -0.25) is 4.79 Å². The summed E-state index contributed by atoms with van der Waals surface area (Å²) in [5.74, 6) is 1.12. The summed E-state index contributed by atoms with van der Waals surface area (Å²) in [6.45, 7) is 8.47. The Morgan fingerprint density at radius 2 is 1.95 bits per heavy atom. The number of benzene rings is 2. The third-order valence-corrected chi connectivity index (χ3v) is 8.65. The van der Waals surface area contributed by atoms with Crippen molar-refractivity contribution >= 4 is 58.8 Å². The molecule has 0 bridgehead atoms. The number of hydrogen-bond acceptors (Lipinski definition) is 9. The molecule has 0 radical (unpaired) electrons. The molecule has 0 spiro atoms. The number of likely N-dealkylation sites (tertiary alicyclic amines) is 1. The number of halogens is 1. The molecular formula is C29H36ClN6O4P. The maximum absolute atomic E-state index is 12.8. The molecule has 1 aliphatic rings. The molecule has 1 aromatic heterocycles. The number of aromatic nitrogens is 2. The van der Waals surface area contributed by atoms with Gasteiger partial charge >= 0.3 is 0 Å². The number of carbonyl (C=O) groups is 1. The lowest BCUT2D eigenvalue weighted by molar-refractivity contribution is -0.111. The Hall–Kier alpha value is -3.59. The Kier molecular flexibility index (Phi) is 9.91. The zero-order valence-electron chi connectivity index (χ0n) is 23.7. The van der Waals surface area contributed by atoms with Gasteiger partial charge in [0.2, 0.25) is 11.9 Å². The van der Waals surface area contributed by atoms with Crippen molar-refractivity contribution in [2.45, 2.75) is 25.3 Å². The quantitative estimate of drug-likeness (QED) is 0.184.